The van der Waals surface area contributed by atoms with E-state index in [1.807, 2.05) is 4.90 Å². The average molecular weight is 415 g/mol. The van der Waals surface area contributed by atoms with E-state index in [1.54, 1.807) is 12.5 Å². The summed E-state index contributed by atoms with van der Waals surface area (Å²) >= 11 is 0. The quantitative estimate of drug-likeness (QED) is 0.457. The number of amides is 1. The number of rotatable bonds is 10. The molecule has 0 spiro atoms. The summed E-state index contributed by atoms with van der Waals surface area (Å²) in [5.41, 5.74) is 1.20. The van der Waals surface area contributed by atoms with Crippen LogP contribution in [0.1, 0.15) is 72.1 Å². The zero-order chi connectivity index (χ0) is 21.3. The lowest BCUT2D eigenvalue weighted by molar-refractivity contribution is -0.133. The van der Waals surface area contributed by atoms with Gasteiger partial charge < -0.3 is 14.4 Å². The fourth-order valence-corrected chi connectivity index (χ4v) is 4.49. The maximum atomic E-state index is 12.0. The molecule has 0 N–H and O–H groups in total. The molecule has 0 saturated carbocycles. The minimum Gasteiger partial charge on any atom is -0.465 e. The van der Waals surface area contributed by atoms with Crippen LogP contribution in [0.15, 0.2) is 47.8 Å². The van der Waals surface area contributed by atoms with Crippen LogP contribution in [0.5, 0.6) is 0 Å². The van der Waals surface area contributed by atoms with Crippen molar-refractivity contribution < 1.29 is 14.3 Å². The minimum atomic E-state index is 0.337. The standard InChI is InChI=1S/C25H38N2O3/c1-20(2)27(16-10-9-15-26-14-8-7-13-25(26)28)21(3)17-23-18-29-19-24(30-23)22-11-5-4-6-12-22/h4-5,11,18-21H,6-10,12-17H2,1-3H3. The largest absolute Gasteiger partial charge is 0.465 e. The summed E-state index contributed by atoms with van der Waals surface area (Å²) in [5.74, 6) is 2.07. The highest BCUT2D eigenvalue weighted by molar-refractivity contribution is 5.76. The number of hydrogen-bond donors (Lipinski definition) is 0. The molecule has 0 aromatic heterocycles. The van der Waals surface area contributed by atoms with Crippen molar-refractivity contribution >= 4 is 5.91 Å². The molecule has 3 rings (SSSR count). The van der Waals surface area contributed by atoms with Crippen LogP contribution >= 0.6 is 0 Å². The Morgan fingerprint density at radius 1 is 1.13 bits per heavy atom. The third kappa shape index (κ3) is 6.49. The lowest BCUT2D eigenvalue weighted by Gasteiger charge is -2.34. The second-order valence-electron chi connectivity index (χ2n) is 8.89. The predicted octanol–water partition coefficient (Wildman–Crippen LogP) is 5.27. The first-order chi connectivity index (χ1) is 14.5. The van der Waals surface area contributed by atoms with Crippen molar-refractivity contribution in [3.8, 4) is 0 Å². The van der Waals surface area contributed by atoms with Crippen LogP contribution in [0.3, 0.4) is 0 Å². The molecule has 3 aliphatic rings. The first-order valence-electron chi connectivity index (χ1n) is 11.7. The van der Waals surface area contributed by atoms with Crippen LogP contribution in [0, 0.1) is 0 Å². The van der Waals surface area contributed by atoms with Crippen molar-refractivity contribution in [1.82, 2.24) is 9.80 Å². The lowest BCUT2D eigenvalue weighted by Crippen LogP contribution is -2.40. The van der Waals surface area contributed by atoms with Gasteiger partial charge in [0.05, 0.1) is 0 Å². The fourth-order valence-electron chi connectivity index (χ4n) is 4.49. The molecular weight excluding hydrogens is 376 g/mol. The average Bonchev–Trinajstić information content (AvgIpc) is 2.75. The molecule has 0 aromatic carbocycles. The lowest BCUT2D eigenvalue weighted by atomic mass is 10.0. The molecule has 2 heterocycles. The molecule has 0 bridgehead atoms. The third-order valence-electron chi connectivity index (χ3n) is 6.19. The summed E-state index contributed by atoms with van der Waals surface area (Å²) in [7, 11) is 0. The monoisotopic (exact) mass is 414 g/mol. The number of ether oxygens (including phenoxy) is 2. The van der Waals surface area contributed by atoms with Crippen LogP contribution in [0.2, 0.25) is 0 Å². The van der Waals surface area contributed by atoms with Gasteiger partial charge in [0.15, 0.2) is 5.76 Å². The van der Waals surface area contributed by atoms with E-state index >= 15 is 0 Å². The molecule has 5 nitrogen and oxygen atoms in total. The van der Waals surface area contributed by atoms with E-state index < -0.39 is 0 Å². The van der Waals surface area contributed by atoms with Gasteiger partial charge in [0.2, 0.25) is 5.91 Å². The molecule has 0 radical (unpaired) electrons. The van der Waals surface area contributed by atoms with Gasteiger partial charge in [-0.25, -0.2) is 0 Å². The smallest absolute Gasteiger partial charge is 0.222 e. The van der Waals surface area contributed by atoms with Gasteiger partial charge in [-0.2, -0.15) is 0 Å². The fraction of sp³-hybridized carbons (Fsp3) is 0.640. The Hall–Kier alpha value is -2.01. The van der Waals surface area contributed by atoms with Gasteiger partial charge in [-0.1, -0.05) is 18.2 Å². The zero-order valence-corrected chi connectivity index (χ0v) is 18.9. The highest BCUT2D eigenvalue weighted by Gasteiger charge is 2.22. The molecule has 1 unspecified atom stereocenters. The van der Waals surface area contributed by atoms with Gasteiger partial charge in [0.1, 0.15) is 18.3 Å². The van der Waals surface area contributed by atoms with Crippen molar-refractivity contribution in [3.05, 3.63) is 47.8 Å². The Balaban J connectivity index is 1.45. The highest BCUT2D eigenvalue weighted by Crippen LogP contribution is 2.28. The third-order valence-corrected chi connectivity index (χ3v) is 6.19. The Morgan fingerprint density at radius 2 is 2.00 bits per heavy atom. The van der Waals surface area contributed by atoms with E-state index in [0.29, 0.717) is 18.0 Å². The molecule has 0 aromatic rings. The van der Waals surface area contributed by atoms with Crippen molar-refractivity contribution in [3.63, 3.8) is 0 Å². The Labute approximate surface area is 182 Å². The molecular formula is C25H38N2O3. The van der Waals surface area contributed by atoms with Gasteiger partial charge in [0, 0.05) is 38.0 Å². The van der Waals surface area contributed by atoms with E-state index in [9.17, 15) is 4.79 Å². The summed E-state index contributed by atoms with van der Waals surface area (Å²) in [5, 5.41) is 0. The predicted molar refractivity (Wildman–Crippen MR) is 120 cm³/mol. The van der Waals surface area contributed by atoms with Crippen LogP contribution in [-0.2, 0) is 14.3 Å². The second kappa shape index (κ2) is 11.4. The number of carbonyl (C=O) groups is 1. The zero-order valence-electron chi connectivity index (χ0n) is 18.9. The molecule has 30 heavy (non-hydrogen) atoms. The normalized spacial score (nSPS) is 20.5. The Bertz CT molecular complexity index is 705. The number of hydrogen-bond acceptors (Lipinski definition) is 4. The molecule has 2 aliphatic heterocycles. The topological polar surface area (TPSA) is 42.0 Å². The van der Waals surface area contributed by atoms with E-state index in [0.717, 1.165) is 82.5 Å². The van der Waals surface area contributed by atoms with Gasteiger partial charge in [-0.15, -0.1) is 0 Å². The highest BCUT2D eigenvalue weighted by atomic mass is 16.5. The summed E-state index contributed by atoms with van der Waals surface area (Å²) < 4.78 is 11.8. The summed E-state index contributed by atoms with van der Waals surface area (Å²) in [4.78, 5) is 16.6. The molecule has 5 heteroatoms. The Morgan fingerprint density at radius 3 is 2.73 bits per heavy atom. The Kier molecular flexibility index (Phi) is 8.61. The summed E-state index contributed by atoms with van der Waals surface area (Å²) in [6.45, 7) is 9.64. The molecule has 1 amide bonds. The molecule has 1 aliphatic carbocycles. The molecule has 1 atom stereocenters. The van der Waals surface area contributed by atoms with E-state index in [4.69, 9.17) is 9.47 Å². The van der Waals surface area contributed by atoms with Crippen molar-refractivity contribution in [2.45, 2.75) is 84.2 Å². The van der Waals surface area contributed by atoms with Crippen LogP contribution in [0.4, 0.5) is 0 Å². The maximum Gasteiger partial charge on any atom is 0.222 e. The van der Waals surface area contributed by atoms with Gasteiger partial charge in [0.25, 0.3) is 0 Å². The first-order valence-corrected chi connectivity index (χ1v) is 11.7. The molecule has 1 saturated heterocycles. The van der Waals surface area contributed by atoms with Crippen molar-refractivity contribution in [1.29, 1.82) is 0 Å². The second-order valence-corrected chi connectivity index (χ2v) is 8.89. The van der Waals surface area contributed by atoms with Crippen LogP contribution in [0.25, 0.3) is 0 Å². The summed E-state index contributed by atoms with van der Waals surface area (Å²) in [6, 6.07) is 0.818. The number of allylic oxidation sites excluding steroid dienone is 4. The van der Waals surface area contributed by atoms with Gasteiger partial charge in [-0.3, -0.25) is 9.69 Å². The number of carbonyl (C=O) groups excluding carboxylic acids is 1. The number of unbranched alkanes of at least 4 members (excludes halogenated alkanes) is 1. The SMILES string of the molecule is CC(C)N(CCCCN1CCCCC1=O)C(C)CC1=COC=C(C2=CC=CCC2)O1. The number of nitrogens with zero attached hydrogens (tertiary/aromatic N) is 2. The van der Waals surface area contributed by atoms with E-state index in [-0.39, 0.29) is 0 Å². The first kappa shape index (κ1) is 22.7. The van der Waals surface area contributed by atoms with Crippen molar-refractivity contribution in [2.24, 2.45) is 0 Å². The van der Waals surface area contributed by atoms with Crippen molar-refractivity contribution in [2.75, 3.05) is 19.6 Å². The van der Waals surface area contributed by atoms with E-state index in [2.05, 4.69) is 43.9 Å². The summed E-state index contributed by atoms with van der Waals surface area (Å²) in [6.07, 6.45) is 17.8. The van der Waals surface area contributed by atoms with Gasteiger partial charge >= 0.3 is 0 Å². The number of likely N-dealkylation sites (tertiary alicyclic amines) is 1. The molecule has 166 valence electrons. The van der Waals surface area contributed by atoms with E-state index in [1.165, 1.54) is 5.57 Å². The van der Waals surface area contributed by atoms with Gasteiger partial charge in [-0.05, 0) is 71.4 Å². The van der Waals surface area contributed by atoms with Crippen LogP contribution < -0.4 is 0 Å². The number of piperidine rings is 1. The maximum absolute atomic E-state index is 12.0. The minimum absolute atomic E-state index is 0.337. The molecule has 1 fully saturated rings. The van der Waals surface area contributed by atoms with Crippen LogP contribution in [-0.4, -0.2) is 47.4 Å².